The van der Waals surface area contributed by atoms with Crippen LogP contribution < -0.4 is 18.9 Å². The number of allylic oxidation sites excluding steroid dienone is 1. The number of carbonyl (C=O) groups is 2. The lowest BCUT2D eigenvalue weighted by Gasteiger charge is -2.13. The van der Waals surface area contributed by atoms with E-state index in [0.29, 0.717) is 28.6 Å². The molecule has 0 aliphatic rings. The van der Waals surface area contributed by atoms with E-state index >= 15 is 0 Å². The lowest BCUT2D eigenvalue weighted by molar-refractivity contribution is -0.139. The highest BCUT2D eigenvalue weighted by Crippen LogP contribution is 2.38. The van der Waals surface area contributed by atoms with Gasteiger partial charge in [0.25, 0.3) is 0 Å². The smallest absolute Gasteiger partial charge is 0.341 e. The predicted octanol–water partition coefficient (Wildman–Crippen LogP) is 3.07. The van der Waals surface area contributed by atoms with Gasteiger partial charge >= 0.3 is 5.97 Å². The molecule has 0 radical (unpaired) electrons. The SMILES string of the molecule is COc1cc(C(=O)/C=C/c2ccc(OCC(=O)O)cc2)cc(OC)c1OC. The van der Waals surface area contributed by atoms with Gasteiger partial charge in [0, 0.05) is 5.56 Å². The Hall–Kier alpha value is -3.48. The van der Waals surface area contributed by atoms with Crippen molar-refractivity contribution in [3.8, 4) is 23.0 Å². The molecule has 2 rings (SSSR count). The summed E-state index contributed by atoms with van der Waals surface area (Å²) in [4.78, 5) is 23.0. The summed E-state index contributed by atoms with van der Waals surface area (Å²) in [6.45, 7) is -0.408. The lowest BCUT2D eigenvalue weighted by atomic mass is 10.1. The standard InChI is InChI=1S/C20H20O7/c1-24-17-10-14(11-18(25-2)20(17)26-3)16(21)9-6-13-4-7-15(8-5-13)27-12-19(22)23/h4-11H,12H2,1-3H3,(H,22,23)/b9-6+. The van der Waals surface area contributed by atoms with Crippen LogP contribution in [0.5, 0.6) is 23.0 Å². The Balaban J connectivity index is 2.15. The van der Waals surface area contributed by atoms with Crippen molar-refractivity contribution in [2.24, 2.45) is 0 Å². The summed E-state index contributed by atoms with van der Waals surface area (Å²) < 4.78 is 20.8. The monoisotopic (exact) mass is 372 g/mol. The summed E-state index contributed by atoms with van der Waals surface area (Å²) in [5.41, 5.74) is 1.15. The first-order valence-electron chi connectivity index (χ1n) is 7.95. The molecule has 0 fully saturated rings. The Kier molecular flexibility index (Phi) is 6.82. The van der Waals surface area contributed by atoms with E-state index < -0.39 is 12.6 Å². The van der Waals surface area contributed by atoms with Gasteiger partial charge in [-0.2, -0.15) is 0 Å². The number of methoxy groups -OCH3 is 3. The van der Waals surface area contributed by atoms with Gasteiger partial charge in [-0.1, -0.05) is 18.2 Å². The number of rotatable bonds is 9. The van der Waals surface area contributed by atoms with E-state index in [1.165, 1.54) is 27.4 Å². The minimum atomic E-state index is -1.05. The fourth-order valence-corrected chi connectivity index (χ4v) is 2.31. The highest BCUT2D eigenvalue weighted by molar-refractivity contribution is 6.07. The van der Waals surface area contributed by atoms with Crippen molar-refractivity contribution in [2.45, 2.75) is 0 Å². The maximum Gasteiger partial charge on any atom is 0.341 e. The molecule has 0 aliphatic carbocycles. The van der Waals surface area contributed by atoms with Gasteiger partial charge in [-0.3, -0.25) is 4.79 Å². The van der Waals surface area contributed by atoms with Crippen LogP contribution in [0.3, 0.4) is 0 Å². The van der Waals surface area contributed by atoms with Crippen molar-refractivity contribution >= 4 is 17.8 Å². The molecule has 7 nitrogen and oxygen atoms in total. The Bertz CT molecular complexity index is 813. The van der Waals surface area contributed by atoms with E-state index in [4.69, 9.17) is 24.1 Å². The number of carbonyl (C=O) groups excluding carboxylic acids is 1. The molecule has 0 atom stereocenters. The lowest BCUT2D eigenvalue weighted by Crippen LogP contribution is -2.09. The molecule has 0 aliphatic heterocycles. The van der Waals surface area contributed by atoms with Gasteiger partial charge in [0.2, 0.25) is 5.75 Å². The fourth-order valence-electron chi connectivity index (χ4n) is 2.31. The van der Waals surface area contributed by atoms with Crippen molar-refractivity contribution in [3.63, 3.8) is 0 Å². The highest BCUT2D eigenvalue weighted by Gasteiger charge is 2.15. The van der Waals surface area contributed by atoms with Crippen LogP contribution in [-0.2, 0) is 4.79 Å². The number of carboxylic acid groups (broad SMARTS) is 1. The zero-order valence-electron chi connectivity index (χ0n) is 15.2. The van der Waals surface area contributed by atoms with E-state index in [1.807, 2.05) is 0 Å². The summed E-state index contributed by atoms with van der Waals surface area (Å²) >= 11 is 0. The first-order chi connectivity index (χ1) is 13.0. The van der Waals surface area contributed by atoms with Crippen LogP contribution in [-0.4, -0.2) is 44.8 Å². The van der Waals surface area contributed by atoms with Crippen LogP contribution in [0.15, 0.2) is 42.5 Å². The van der Waals surface area contributed by atoms with Crippen molar-refractivity contribution in [1.29, 1.82) is 0 Å². The Morgan fingerprint density at radius 1 is 0.963 bits per heavy atom. The molecule has 0 amide bonds. The van der Waals surface area contributed by atoms with Gasteiger partial charge in [0.15, 0.2) is 23.9 Å². The second-order valence-corrected chi connectivity index (χ2v) is 5.36. The molecule has 0 bridgehead atoms. The quantitative estimate of drug-likeness (QED) is 0.534. The van der Waals surface area contributed by atoms with Crippen molar-refractivity contribution in [1.82, 2.24) is 0 Å². The third kappa shape index (κ3) is 5.24. The Morgan fingerprint density at radius 2 is 1.56 bits per heavy atom. The van der Waals surface area contributed by atoms with Gasteiger partial charge < -0.3 is 24.1 Å². The molecule has 0 heterocycles. The normalized spacial score (nSPS) is 10.5. The molecular formula is C20H20O7. The van der Waals surface area contributed by atoms with E-state index in [1.54, 1.807) is 42.5 Å². The number of benzene rings is 2. The molecule has 0 spiro atoms. The Morgan fingerprint density at radius 3 is 2.04 bits per heavy atom. The summed E-state index contributed by atoms with van der Waals surface area (Å²) in [5.74, 6) is 0.362. The van der Waals surface area contributed by atoms with Crippen LogP contribution in [0, 0.1) is 0 Å². The molecule has 142 valence electrons. The molecule has 0 unspecified atom stereocenters. The number of hydrogen-bond acceptors (Lipinski definition) is 6. The topological polar surface area (TPSA) is 91.3 Å². The molecule has 2 aromatic carbocycles. The van der Waals surface area contributed by atoms with Crippen molar-refractivity contribution in [2.75, 3.05) is 27.9 Å². The average Bonchev–Trinajstić information content (AvgIpc) is 2.69. The van der Waals surface area contributed by atoms with E-state index in [9.17, 15) is 9.59 Å². The van der Waals surface area contributed by atoms with E-state index in [0.717, 1.165) is 5.56 Å². The summed E-state index contributed by atoms with van der Waals surface area (Å²) in [6, 6.07) is 9.86. The van der Waals surface area contributed by atoms with Crippen LogP contribution in [0.4, 0.5) is 0 Å². The maximum absolute atomic E-state index is 12.5. The van der Waals surface area contributed by atoms with Crippen molar-refractivity contribution < 1.29 is 33.6 Å². The molecular weight excluding hydrogens is 352 g/mol. The van der Waals surface area contributed by atoms with Crippen LogP contribution in [0.25, 0.3) is 6.08 Å². The fraction of sp³-hybridized carbons (Fsp3) is 0.200. The number of aliphatic carboxylic acids is 1. The van der Waals surface area contributed by atoms with Crippen LogP contribution in [0.1, 0.15) is 15.9 Å². The molecule has 0 aromatic heterocycles. The number of hydrogen-bond donors (Lipinski definition) is 1. The van der Waals surface area contributed by atoms with Gasteiger partial charge in [-0.25, -0.2) is 4.79 Å². The molecule has 27 heavy (non-hydrogen) atoms. The maximum atomic E-state index is 12.5. The minimum Gasteiger partial charge on any atom is -0.493 e. The average molecular weight is 372 g/mol. The molecule has 7 heteroatoms. The van der Waals surface area contributed by atoms with Crippen LogP contribution in [0.2, 0.25) is 0 Å². The van der Waals surface area contributed by atoms with Gasteiger partial charge in [-0.15, -0.1) is 0 Å². The number of carboxylic acids is 1. The third-order valence-electron chi connectivity index (χ3n) is 3.62. The molecule has 0 saturated heterocycles. The zero-order chi connectivity index (χ0) is 19.8. The predicted molar refractivity (Wildman–Crippen MR) is 99.0 cm³/mol. The van der Waals surface area contributed by atoms with E-state index in [-0.39, 0.29) is 5.78 Å². The first kappa shape index (κ1) is 19.8. The minimum absolute atomic E-state index is 0.236. The summed E-state index contributed by atoms with van der Waals surface area (Å²) in [6.07, 6.45) is 3.07. The van der Waals surface area contributed by atoms with E-state index in [2.05, 4.69) is 0 Å². The number of ether oxygens (including phenoxy) is 4. The van der Waals surface area contributed by atoms with Gasteiger partial charge in [-0.05, 0) is 35.9 Å². The number of ketones is 1. The zero-order valence-corrected chi connectivity index (χ0v) is 15.2. The second kappa shape index (κ2) is 9.28. The highest BCUT2D eigenvalue weighted by atomic mass is 16.5. The first-order valence-corrected chi connectivity index (χ1v) is 7.95. The summed E-state index contributed by atoms with van der Waals surface area (Å²) in [5, 5.41) is 8.59. The van der Waals surface area contributed by atoms with Crippen molar-refractivity contribution in [3.05, 3.63) is 53.6 Å². The molecule has 0 saturated carbocycles. The van der Waals surface area contributed by atoms with Gasteiger partial charge in [0.1, 0.15) is 5.75 Å². The summed E-state index contributed by atoms with van der Waals surface area (Å²) in [7, 11) is 4.45. The molecule has 1 N–H and O–H groups in total. The second-order valence-electron chi connectivity index (χ2n) is 5.36. The van der Waals surface area contributed by atoms with Gasteiger partial charge in [0.05, 0.1) is 21.3 Å². The molecule has 2 aromatic rings. The third-order valence-corrected chi connectivity index (χ3v) is 3.62. The van der Waals surface area contributed by atoms with Crippen LogP contribution >= 0.6 is 0 Å². The Labute approximate surface area is 156 Å². The largest absolute Gasteiger partial charge is 0.493 e.